The molecule has 0 saturated carbocycles. The Morgan fingerprint density at radius 2 is 1.57 bits per heavy atom. The molecule has 2 unspecified atom stereocenters. The molecular weight excluding hydrogens is 258 g/mol. The molecule has 2 aromatic carbocycles. The van der Waals surface area contributed by atoms with Crippen LogP contribution in [-0.4, -0.2) is 7.11 Å². The number of hydrogen-bond acceptors (Lipinski definition) is 2. The number of ether oxygens (including phenoxy) is 1. The van der Waals surface area contributed by atoms with Crippen molar-refractivity contribution in [3.63, 3.8) is 0 Å². The van der Waals surface area contributed by atoms with Gasteiger partial charge in [-0.05, 0) is 44.9 Å². The Balaban J connectivity index is 2.18. The van der Waals surface area contributed by atoms with Gasteiger partial charge in [0.05, 0.1) is 7.11 Å². The SMILES string of the molecule is COc1ccccc1C(C)NC(C)c1cc(C)ccc1C. The van der Waals surface area contributed by atoms with E-state index in [0.717, 1.165) is 5.75 Å². The van der Waals surface area contributed by atoms with Gasteiger partial charge in [0.1, 0.15) is 5.75 Å². The number of hydrogen-bond donors (Lipinski definition) is 1. The Labute approximate surface area is 128 Å². The van der Waals surface area contributed by atoms with Crippen LogP contribution in [0, 0.1) is 13.8 Å². The van der Waals surface area contributed by atoms with E-state index in [0.29, 0.717) is 6.04 Å². The molecule has 2 aromatic rings. The summed E-state index contributed by atoms with van der Waals surface area (Å²) in [6, 6.07) is 15.3. The summed E-state index contributed by atoms with van der Waals surface area (Å²) in [5.41, 5.74) is 5.18. The van der Waals surface area contributed by atoms with E-state index in [9.17, 15) is 0 Å². The summed E-state index contributed by atoms with van der Waals surface area (Å²) in [5, 5.41) is 3.68. The van der Waals surface area contributed by atoms with Crippen LogP contribution in [-0.2, 0) is 0 Å². The second kappa shape index (κ2) is 6.77. The van der Waals surface area contributed by atoms with Gasteiger partial charge in [0, 0.05) is 17.6 Å². The molecule has 0 saturated heterocycles. The molecular formula is C19H25NO. The van der Waals surface area contributed by atoms with Crippen molar-refractivity contribution in [2.24, 2.45) is 0 Å². The molecule has 0 aliphatic heterocycles. The first-order chi connectivity index (χ1) is 10.0. The van der Waals surface area contributed by atoms with Crippen LogP contribution in [0.15, 0.2) is 42.5 Å². The Bertz CT molecular complexity index is 606. The maximum atomic E-state index is 5.46. The largest absolute Gasteiger partial charge is 0.496 e. The van der Waals surface area contributed by atoms with Gasteiger partial charge >= 0.3 is 0 Å². The zero-order valence-electron chi connectivity index (χ0n) is 13.6. The van der Waals surface area contributed by atoms with E-state index >= 15 is 0 Å². The van der Waals surface area contributed by atoms with Gasteiger partial charge in [0.25, 0.3) is 0 Å². The van der Waals surface area contributed by atoms with E-state index in [1.54, 1.807) is 7.11 Å². The van der Waals surface area contributed by atoms with E-state index < -0.39 is 0 Å². The van der Waals surface area contributed by atoms with Crippen LogP contribution in [0.5, 0.6) is 5.75 Å². The fourth-order valence-corrected chi connectivity index (χ4v) is 2.81. The number of nitrogens with one attached hydrogen (secondary N) is 1. The topological polar surface area (TPSA) is 21.3 Å². The maximum absolute atomic E-state index is 5.46. The number of methoxy groups -OCH3 is 1. The van der Waals surface area contributed by atoms with Crippen molar-refractivity contribution in [1.82, 2.24) is 5.32 Å². The second-order valence-corrected chi connectivity index (χ2v) is 5.71. The third-order valence-electron chi connectivity index (χ3n) is 4.01. The summed E-state index contributed by atoms with van der Waals surface area (Å²) in [5.74, 6) is 0.936. The molecule has 0 fully saturated rings. The van der Waals surface area contributed by atoms with Crippen molar-refractivity contribution in [1.29, 1.82) is 0 Å². The number of para-hydroxylation sites is 1. The van der Waals surface area contributed by atoms with E-state index in [4.69, 9.17) is 4.74 Å². The molecule has 0 heterocycles. The highest BCUT2D eigenvalue weighted by Gasteiger charge is 2.15. The van der Waals surface area contributed by atoms with Crippen LogP contribution in [0.1, 0.15) is 48.2 Å². The van der Waals surface area contributed by atoms with Crippen LogP contribution >= 0.6 is 0 Å². The molecule has 0 aliphatic carbocycles. The standard InChI is InChI=1S/C19H25NO/c1-13-10-11-14(2)18(12-13)16(4)20-15(3)17-8-6-7-9-19(17)21-5/h6-12,15-16,20H,1-5H3. The summed E-state index contributed by atoms with van der Waals surface area (Å²) in [4.78, 5) is 0. The molecule has 21 heavy (non-hydrogen) atoms. The summed E-state index contributed by atoms with van der Waals surface area (Å²) >= 11 is 0. The highest BCUT2D eigenvalue weighted by Crippen LogP contribution is 2.27. The van der Waals surface area contributed by atoms with Crippen LogP contribution in [0.25, 0.3) is 0 Å². The molecule has 0 aliphatic rings. The smallest absolute Gasteiger partial charge is 0.123 e. The van der Waals surface area contributed by atoms with Crippen LogP contribution < -0.4 is 10.1 Å². The number of aryl methyl sites for hydroxylation is 2. The van der Waals surface area contributed by atoms with Crippen molar-refractivity contribution in [2.45, 2.75) is 39.8 Å². The predicted molar refractivity (Wildman–Crippen MR) is 88.9 cm³/mol. The van der Waals surface area contributed by atoms with E-state index in [1.807, 2.05) is 12.1 Å². The molecule has 1 N–H and O–H groups in total. The van der Waals surface area contributed by atoms with Gasteiger partial charge in [-0.15, -0.1) is 0 Å². The Morgan fingerprint density at radius 1 is 0.905 bits per heavy atom. The van der Waals surface area contributed by atoms with Crippen molar-refractivity contribution in [3.05, 3.63) is 64.7 Å². The monoisotopic (exact) mass is 283 g/mol. The first-order valence-electron chi connectivity index (χ1n) is 7.49. The van der Waals surface area contributed by atoms with Crippen molar-refractivity contribution >= 4 is 0 Å². The molecule has 2 rings (SSSR count). The minimum Gasteiger partial charge on any atom is -0.496 e. The van der Waals surface area contributed by atoms with Gasteiger partial charge in [-0.3, -0.25) is 0 Å². The molecule has 0 radical (unpaired) electrons. The third kappa shape index (κ3) is 3.64. The average molecular weight is 283 g/mol. The molecule has 2 nitrogen and oxygen atoms in total. The Kier molecular flexibility index (Phi) is 5.03. The van der Waals surface area contributed by atoms with Gasteiger partial charge in [-0.25, -0.2) is 0 Å². The van der Waals surface area contributed by atoms with E-state index in [2.05, 4.69) is 63.3 Å². The lowest BCUT2D eigenvalue weighted by Crippen LogP contribution is -2.23. The fraction of sp³-hybridized carbons (Fsp3) is 0.368. The molecule has 112 valence electrons. The lowest BCUT2D eigenvalue weighted by atomic mass is 9.98. The zero-order valence-corrected chi connectivity index (χ0v) is 13.6. The first-order valence-corrected chi connectivity index (χ1v) is 7.49. The van der Waals surface area contributed by atoms with Gasteiger partial charge in [-0.2, -0.15) is 0 Å². The highest BCUT2D eigenvalue weighted by atomic mass is 16.5. The van der Waals surface area contributed by atoms with Gasteiger partial charge in [-0.1, -0.05) is 42.0 Å². The van der Waals surface area contributed by atoms with Crippen molar-refractivity contribution < 1.29 is 4.74 Å². The summed E-state index contributed by atoms with van der Waals surface area (Å²) in [6.45, 7) is 8.70. The van der Waals surface area contributed by atoms with Crippen molar-refractivity contribution in [3.8, 4) is 5.75 Å². The molecule has 0 spiro atoms. The molecule has 2 atom stereocenters. The summed E-state index contributed by atoms with van der Waals surface area (Å²) in [7, 11) is 1.72. The molecule has 0 aromatic heterocycles. The van der Waals surface area contributed by atoms with Gasteiger partial charge in [0.2, 0.25) is 0 Å². The van der Waals surface area contributed by atoms with Crippen LogP contribution in [0.4, 0.5) is 0 Å². The normalized spacial score (nSPS) is 13.8. The van der Waals surface area contributed by atoms with Crippen LogP contribution in [0.3, 0.4) is 0 Å². The Morgan fingerprint density at radius 3 is 2.29 bits per heavy atom. The van der Waals surface area contributed by atoms with E-state index in [-0.39, 0.29) is 6.04 Å². The third-order valence-corrected chi connectivity index (χ3v) is 4.01. The number of rotatable bonds is 5. The lowest BCUT2D eigenvalue weighted by molar-refractivity contribution is 0.396. The van der Waals surface area contributed by atoms with Gasteiger partial charge < -0.3 is 10.1 Å². The minimum atomic E-state index is 0.232. The lowest BCUT2D eigenvalue weighted by Gasteiger charge is -2.23. The van der Waals surface area contributed by atoms with Gasteiger partial charge in [0.15, 0.2) is 0 Å². The van der Waals surface area contributed by atoms with E-state index in [1.165, 1.54) is 22.3 Å². The zero-order chi connectivity index (χ0) is 15.4. The number of benzene rings is 2. The average Bonchev–Trinajstić information content (AvgIpc) is 2.49. The quantitative estimate of drug-likeness (QED) is 0.857. The molecule has 2 heteroatoms. The highest BCUT2D eigenvalue weighted by molar-refractivity contribution is 5.37. The summed E-state index contributed by atoms with van der Waals surface area (Å²) in [6.07, 6.45) is 0. The minimum absolute atomic E-state index is 0.232. The first kappa shape index (κ1) is 15.6. The fourth-order valence-electron chi connectivity index (χ4n) is 2.81. The molecule has 0 amide bonds. The molecule has 0 bridgehead atoms. The second-order valence-electron chi connectivity index (χ2n) is 5.71. The summed E-state index contributed by atoms with van der Waals surface area (Å²) < 4.78 is 5.46. The van der Waals surface area contributed by atoms with Crippen molar-refractivity contribution in [2.75, 3.05) is 7.11 Å². The Hall–Kier alpha value is -1.80. The van der Waals surface area contributed by atoms with Crippen LogP contribution in [0.2, 0.25) is 0 Å². The maximum Gasteiger partial charge on any atom is 0.123 e. The predicted octanol–water partition coefficient (Wildman–Crippen LogP) is 4.72.